The Bertz CT molecular complexity index is 674. The van der Waals surface area contributed by atoms with E-state index in [1.165, 1.54) is 0 Å². The number of halogens is 2. The van der Waals surface area contributed by atoms with E-state index in [4.69, 9.17) is 0 Å². The summed E-state index contributed by atoms with van der Waals surface area (Å²) in [6, 6.07) is 10.6. The van der Waals surface area contributed by atoms with Crippen molar-refractivity contribution < 1.29 is 18.7 Å². The zero-order valence-corrected chi connectivity index (χ0v) is 12.7. The van der Waals surface area contributed by atoms with E-state index >= 15 is 0 Å². The minimum absolute atomic E-state index is 0.0785. The van der Waals surface area contributed by atoms with E-state index < -0.39 is 11.6 Å². The van der Waals surface area contributed by atoms with Crippen molar-refractivity contribution in [1.29, 1.82) is 0 Å². The number of carbonyl (C=O) groups is 1. The fourth-order valence-electron chi connectivity index (χ4n) is 2.34. The summed E-state index contributed by atoms with van der Waals surface area (Å²) in [5.74, 6) is -1.09. The number of hydrogen-bond acceptors (Lipinski definition) is 2. The summed E-state index contributed by atoms with van der Waals surface area (Å²) in [7, 11) is 0. The molecular weight excluding hydrogens is 300 g/mol. The van der Waals surface area contributed by atoms with Crippen LogP contribution < -0.4 is 5.32 Å². The molecule has 0 bridgehead atoms. The van der Waals surface area contributed by atoms with Crippen molar-refractivity contribution in [2.24, 2.45) is 0 Å². The maximum Gasteiger partial charge on any atom is 0.220 e. The molecule has 2 N–H and O–H groups in total. The third-order valence-corrected chi connectivity index (χ3v) is 3.62. The van der Waals surface area contributed by atoms with Crippen LogP contribution in [-0.2, 0) is 24.4 Å². The van der Waals surface area contributed by atoms with Crippen LogP contribution >= 0.6 is 0 Å². The van der Waals surface area contributed by atoms with Gasteiger partial charge in [-0.05, 0) is 47.7 Å². The van der Waals surface area contributed by atoms with Crippen LogP contribution in [0.5, 0.6) is 0 Å². The van der Waals surface area contributed by atoms with E-state index in [2.05, 4.69) is 5.32 Å². The van der Waals surface area contributed by atoms with E-state index in [-0.39, 0.29) is 24.5 Å². The molecular formula is C18H19F2NO2. The summed E-state index contributed by atoms with van der Waals surface area (Å²) < 4.78 is 26.5. The lowest BCUT2D eigenvalue weighted by Gasteiger charge is -2.09. The van der Waals surface area contributed by atoms with Gasteiger partial charge in [-0.1, -0.05) is 24.3 Å². The molecule has 0 spiro atoms. The van der Waals surface area contributed by atoms with Crippen LogP contribution in [-0.4, -0.2) is 11.0 Å². The molecule has 0 aliphatic carbocycles. The monoisotopic (exact) mass is 319 g/mol. The van der Waals surface area contributed by atoms with E-state index in [0.29, 0.717) is 19.4 Å². The Morgan fingerprint density at radius 3 is 2.52 bits per heavy atom. The highest BCUT2D eigenvalue weighted by Gasteiger charge is 2.07. The molecule has 2 aromatic rings. The minimum atomic E-state index is -0.480. The summed E-state index contributed by atoms with van der Waals surface area (Å²) in [6.07, 6.45) is 0.981. The highest BCUT2D eigenvalue weighted by Crippen LogP contribution is 2.13. The SMILES string of the molecule is O=C(CCCc1cc(F)ccc1F)NCc1ccccc1CO. The quantitative estimate of drug-likeness (QED) is 0.824. The van der Waals surface area contributed by atoms with Crippen LogP contribution in [0.3, 0.4) is 0 Å². The second-order valence-corrected chi connectivity index (χ2v) is 5.29. The van der Waals surface area contributed by atoms with Crippen molar-refractivity contribution in [2.75, 3.05) is 0 Å². The number of aryl methyl sites for hydroxylation is 1. The van der Waals surface area contributed by atoms with Gasteiger partial charge in [0.1, 0.15) is 11.6 Å². The number of aliphatic hydroxyl groups is 1. The smallest absolute Gasteiger partial charge is 0.220 e. The molecule has 3 nitrogen and oxygen atoms in total. The van der Waals surface area contributed by atoms with Gasteiger partial charge in [-0.25, -0.2) is 8.78 Å². The summed E-state index contributed by atoms with van der Waals surface area (Å²) in [6.45, 7) is 0.259. The number of hydrogen-bond donors (Lipinski definition) is 2. The first-order valence-electron chi connectivity index (χ1n) is 7.48. The van der Waals surface area contributed by atoms with Crippen LogP contribution in [0.15, 0.2) is 42.5 Å². The van der Waals surface area contributed by atoms with Crippen LogP contribution in [0.25, 0.3) is 0 Å². The van der Waals surface area contributed by atoms with Crippen LogP contribution in [0.1, 0.15) is 29.5 Å². The lowest BCUT2D eigenvalue weighted by Crippen LogP contribution is -2.23. The van der Waals surface area contributed by atoms with Crippen LogP contribution in [0, 0.1) is 11.6 Å². The van der Waals surface area contributed by atoms with Gasteiger partial charge in [-0.3, -0.25) is 4.79 Å². The molecule has 0 aliphatic heterocycles. The summed E-state index contributed by atoms with van der Waals surface area (Å²) in [4.78, 5) is 11.8. The molecule has 0 atom stereocenters. The second kappa shape index (κ2) is 8.39. The van der Waals surface area contributed by atoms with Crippen molar-refractivity contribution in [2.45, 2.75) is 32.4 Å². The number of carbonyl (C=O) groups excluding carboxylic acids is 1. The Labute approximate surface area is 134 Å². The summed E-state index contributed by atoms with van der Waals surface area (Å²) in [5.41, 5.74) is 1.91. The topological polar surface area (TPSA) is 49.3 Å². The maximum atomic E-state index is 13.5. The van der Waals surface area contributed by atoms with E-state index in [1.807, 2.05) is 18.2 Å². The summed E-state index contributed by atoms with van der Waals surface area (Å²) in [5, 5.41) is 12.0. The normalized spacial score (nSPS) is 10.6. The Balaban J connectivity index is 1.78. The van der Waals surface area contributed by atoms with Crippen LogP contribution in [0.2, 0.25) is 0 Å². The highest BCUT2D eigenvalue weighted by atomic mass is 19.1. The van der Waals surface area contributed by atoms with E-state index in [1.54, 1.807) is 6.07 Å². The molecule has 1 amide bonds. The molecule has 0 fully saturated rings. The molecule has 0 aromatic heterocycles. The van der Waals surface area contributed by atoms with Gasteiger partial charge in [0, 0.05) is 13.0 Å². The second-order valence-electron chi connectivity index (χ2n) is 5.29. The van der Waals surface area contributed by atoms with Crippen molar-refractivity contribution in [3.05, 3.63) is 70.8 Å². The summed E-state index contributed by atoms with van der Waals surface area (Å²) >= 11 is 0. The number of benzene rings is 2. The lowest BCUT2D eigenvalue weighted by molar-refractivity contribution is -0.121. The fourth-order valence-corrected chi connectivity index (χ4v) is 2.34. The third-order valence-electron chi connectivity index (χ3n) is 3.62. The lowest BCUT2D eigenvalue weighted by atomic mass is 10.1. The molecule has 122 valence electrons. The molecule has 5 heteroatoms. The third kappa shape index (κ3) is 5.14. The molecule has 0 heterocycles. The number of aliphatic hydroxyl groups excluding tert-OH is 1. The van der Waals surface area contributed by atoms with Gasteiger partial charge < -0.3 is 10.4 Å². The zero-order chi connectivity index (χ0) is 16.7. The number of amides is 1. The van der Waals surface area contributed by atoms with Gasteiger partial charge in [-0.2, -0.15) is 0 Å². The van der Waals surface area contributed by atoms with Gasteiger partial charge in [0.05, 0.1) is 6.61 Å². The van der Waals surface area contributed by atoms with E-state index in [9.17, 15) is 18.7 Å². The van der Waals surface area contributed by atoms with Gasteiger partial charge in [-0.15, -0.1) is 0 Å². The molecule has 0 unspecified atom stereocenters. The average Bonchev–Trinajstić information content (AvgIpc) is 2.56. The molecule has 2 rings (SSSR count). The van der Waals surface area contributed by atoms with Crippen molar-refractivity contribution in [3.63, 3.8) is 0 Å². The van der Waals surface area contributed by atoms with Gasteiger partial charge in [0.2, 0.25) is 5.91 Å². The standard InChI is InChI=1S/C18H19F2NO2/c19-16-8-9-17(20)13(10-16)6-3-7-18(23)21-11-14-4-1-2-5-15(14)12-22/h1-2,4-5,8-10,22H,3,6-7,11-12H2,(H,21,23). The molecule has 0 aliphatic rings. The predicted molar refractivity (Wildman–Crippen MR) is 83.5 cm³/mol. The first kappa shape index (κ1) is 17.1. The van der Waals surface area contributed by atoms with E-state index in [0.717, 1.165) is 29.3 Å². The molecule has 0 radical (unpaired) electrons. The van der Waals surface area contributed by atoms with Gasteiger partial charge in [0.25, 0.3) is 0 Å². The first-order valence-corrected chi connectivity index (χ1v) is 7.48. The van der Waals surface area contributed by atoms with Crippen LogP contribution in [0.4, 0.5) is 8.78 Å². The van der Waals surface area contributed by atoms with Crippen molar-refractivity contribution >= 4 is 5.91 Å². The first-order chi connectivity index (χ1) is 11.1. The maximum absolute atomic E-state index is 13.5. The Morgan fingerprint density at radius 1 is 1.04 bits per heavy atom. The largest absolute Gasteiger partial charge is 0.392 e. The average molecular weight is 319 g/mol. The Kier molecular flexibility index (Phi) is 6.23. The predicted octanol–water partition coefficient (Wildman–Crippen LogP) is 3.10. The Hall–Kier alpha value is -2.27. The molecule has 23 heavy (non-hydrogen) atoms. The van der Waals surface area contributed by atoms with Crippen molar-refractivity contribution in [1.82, 2.24) is 5.32 Å². The molecule has 2 aromatic carbocycles. The fraction of sp³-hybridized carbons (Fsp3) is 0.278. The van der Waals surface area contributed by atoms with Gasteiger partial charge >= 0.3 is 0 Å². The van der Waals surface area contributed by atoms with Gasteiger partial charge in [0.15, 0.2) is 0 Å². The minimum Gasteiger partial charge on any atom is -0.392 e. The highest BCUT2D eigenvalue weighted by molar-refractivity contribution is 5.75. The molecule has 0 saturated heterocycles. The zero-order valence-electron chi connectivity index (χ0n) is 12.7. The Morgan fingerprint density at radius 2 is 1.78 bits per heavy atom. The number of rotatable bonds is 7. The van der Waals surface area contributed by atoms with Crippen molar-refractivity contribution in [3.8, 4) is 0 Å². The number of nitrogens with one attached hydrogen (secondary N) is 1. The molecule has 0 saturated carbocycles.